The van der Waals surface area contributed by atoms with Gasteiger partial charge in [-0.3, -0.25) is 0 Å². The molecule has 1 aromatic rings. The second kappa shape index (κ2) is 9.54. The van der Waals surface area contributed by atoms with Crippen LogP contribution in [0.15, 0.2) is 30.3 Å². The van der Waals surface area contributed by atoms with E-state index in [4.69, 9.17) is 0 Å². The minimum Gasteiger partial charge on any atom is -0.466 e. The number of hydrogen-bond donors (Lipinski definition) is 0. The maximum Gasteiger partial charge on any atom is 0.330 e. The normalized spacial score (nSPS) is 21.5. The smallest absolute Gasteiger partial charge is 0.330 e. The first kappa shape index (κ1) is 17.8. The summed E-state index contributed by atoms with van der Waals surface area (Å²) in [6, 6.07) is 8.64. The zero-order valence-electron chi connectivity index (χ0n) is 14.6. The van der Waals surface area contributed by atoms with Crippen molar-refractivity contribution >= 4 is 12.0 Å². The number of benzene rings is 1. The van der Waals surface area contributed by atoms with Crippen LogP contribution in [0, 0.1) is 5.92 Å². The molecule has 0 unspecified atom stereocenters. The van der Waals surface area contributed by atoms with Crippen molar-refractivity contribution in [1.82, 2.24) is 0 Å². The van der Waals surface area contributed by atoms with Gasteiger partial charge in [-0.25, -0.2) is 4.79 Å². The topological polar surface area (TPSA) is 26.3 Å². The summed E-state index contributed by atoms with van der Waals surface area (Å²) in [5.74, 6) is 1.37. The van der Waals surface area contributed by atoms with Gasteiger partial charge in [-0.05, 0) is 54.7 Å². The molecule has 2 heteroatoms. The predicted molar refractivity (Wildman–Crippen MR) is 96.3 cm³/mol. The van der Waals surface area contributed by atoms with Crippen molar-refractivity contribution in [2.24, 2.45) is 5.92 Å². The van der Waals surface area contributed by atoms with Crippen LogP contribution in [0.25, 0.3) is 6.08 Å². The van der Waals surface area contributed by atoms with Crippen LogP contribution in [0.2, 0.25) is 0 Å². The van der Waals surface area contributed by atoms with Crippen LogP contribution in [0.5, 0.6) is 0 Å². The first-order valence-corrected chi connectivity index (χ1v) is 9.09. The molecule has 0 spiro atoms. The number of unbranched alkanes of at least 4 members (excludes halogenated alkanes) is 2. The highest BCUT2D eigenvalue weighted by molar-refractivity contribution is 5.86. The number of carbonyl (C=O) groups is 1. The van der Waals surface area contributed by atoms with Crippen LogP contribution >= 0.6 is 0 Å². The average Bonchev–Trinajstić information content (AvgIpc) is 2.61. The lowest BCUT2D eigenvalue weighted by atomic mass is 9.77. The third kappa shape index (κ3) is 5.85. The Labute approximate surface area is 140 Å². The monoisotopic (exact) mass is 314 g/mol. The quantitative estimate of drug-likeness (QED) is 0.365. The Bertz CT molecular complexity index is 493. The molecule has 1 aromatic carbocycles. The Morgan fingerprint density at radius 1 is 1.13 bits per heavy atom. The molecule has 126 valence electrons. The van der Waals surface area contributed by atoms with Crippen molar-refractivity contribution in [3.05, 3.63) is 41.5 Å². The van der Waals surface area contributed by atoms with E-state index in [1.807, 2.05) is 0 Å². The summed E-state index contributed by atoms with van der Waals surface area (Å²) in [4.78, 5) is 11.1. The molecule has 2 nitrogen and oxygen atoms in total. The molecular formula is C21H30O2. The molecule has 0 amide bonds. The lowest BCUT2D eigenvalue weighted by molar-refractivity contribution is -0.134. The van der Waals surface area contributed by atoms with E-state index in [-0.39, 0.29) is 5.97 Å². The van der Waals surface area contributed by atoms with Gasteiger partial charge >= 0.3 is 5.97 Å². The largest absolute Gasteiger partial charge is 0.466 e. The fraction of sp³-hybridized carbons (Fsp3) is 0.571. The summed E-state index contributed by atoms with van der Waals surface area (Å²) in [6.07, 6.45) is 14.3. The van der Waals surface area contributed by atoms with Gasteiger partial charge in [-0.15, -0.1) is 0 Å². The molecule has 1 aliphatic rings. The van der Waals surface area contributed by atoms with Crippen LogP contribution in [-0.2, 0) is 9.53 Å². The molecule has 0 N–H and O–H groups in total. The summed E-state index contributed by atoms with van der Waals surface area (Å²) in [7, 11) is 1.40. The standard InChI is InChI=1S/C21H30O2/c1-3-4-5-6-17-7-12-19(13-8-17)20-14-9-18(10-15-20)11-16-21(22)23-2/h9-11,14-17,19H,3-8,12-13H2,1-2H3. The van der Waals surface area contributed by atoms with E-state index in [9.17, 15) is 4.79 Å². The highest BCUT2D eigenvalue weighted by Gasteiger charge is 2.21. The number of rotatable bonds is 7. The fourth-order valence-electron chi connectivity index (χ4n) is 3.58. The number of carbonyl (C=O) groups excluding carboxylic acids is 1. The Morgan fingerprint density at radius 2 is 1.83 bits per heavy atom. The third-order valence-corrected chi connectivity index (χ3v) is 5.08. The van der Waals surface area contributed by atoms with E-state index in [1.54, 1.807) is 6.08 Å². The second-order valence-corrected chi connectivity index (χ2v) is 6.74. The lowest BCUT2D eigenvalue weighted by Crippen LogP contribution is -2.13. The molecule has 23 heavy (non-hydrogen) atoms. The second-order valence-electron chi connectivity index (χ2n) is 6.74. The highest BCUT2D eigenvalue weighted by Crippen LogP contribution is 2.37. The summed E-state index contributed by atoms with van der Waals surface area (Å²) >= 11 is 0. The minimum atomic E-state index is -0.310. The summed E-state index contributed by atoms with van der Waals surface area (Å²) < 4.78 is 4.61. The SMILES string of the molecule is CCCCCC1CCC(c2ccc(C=CC(=O)OC)cc2)CC1. The number of hydrogen-bond acceptors (Lipinski definition) is 2. The number of methoxy groups -OCH3 is 1. The van der Waals surface area contributed by atoms with Crippen molar-refractivity contribution < 1.29 is 9.53 Å². The van der Waals surface area contributed by atoms with Gasteiger partial charge in [-0.1, -0.05) is 56.9 Å². The maximum atomic E-state index is 11.1. The molecule has 1 fully saturated rings. The summed E-state index contributed by atoms with van der Waals surface area (Å²) in [5.41, 5.74) is 2.50. The molecule has 0 heterocycles. The molecule has 1 saturated carbocycles. The minimum absolute atomic E-state index is 0.310. The van der Waals surface area contributed by atoms with Gasteiger partial charge in [0.15, 0.2) is 0 Å². The van der Waals surface area contributed by atoms with E-state index >= 15 is 0 Å². The fourth-order valence-corrected chi connectivity index (χ4v) is 3.58. The molecule has 0 atom stereocenters. The van der Waals surface area contributed by atoms with Gasteiger partial charge in [0, 0.05) is 6.08 Å². The molecule has 1 aliphatic carbocycles. The van der Waals surface area contributed by atoms with Crippen LogP contribution in [0.1, 0.15) is 75.3 Å². The van der Waals surface area contributed by atoms with E-state index in [2.05, 4.69) is 35.9 Å². The van der Waals surface area contributed by atoms with Gasteiger partial charge in [0.25, 0.3) is 0 Å². The first-order valence-electron chi connectivity index (χ1n) is 9.09. The van der Waals surface area contributed by atoms with Crippen LogP contribution < -0.4 is 0 Å². The van der Waals surface area contributed by atoms with Gasteiger partial charge in [0.2, 0.25) is 0 Å². The van der Waals surface area contributed by atoms with Gasteiger partial charge in [0.1, 0.15) is 0 Å². The Kier molecular flexibility index (Phi) is 7.38. The zero-order valence-corrected chi connectivity index (χ0v) is 14.6. The molecule has 0 aliphatic heterocycles. The lowest BCUT2D eigenvalue weighted by Gasteiger charge is -2.29. The van der Waals surface area contributed by atoms with Crippen molar-refractivity contribution in [3.8, 4) is 0 Å². The van der Waals surface area contributed by atoms with Crippen molar-refractivity contribution in [1.29, 1.82) is 0 Å². The van der Waals surface area contributed by atoms with E-state index in [0.29, 0.717) is 0 Å². The first-order chi connectivity index (χ1) is 11.2. The molecule has 2 rings (SSSR count). The average molecular weight is 314 g/mol. The molecule has 0 radical (unpaired) electrons. The van der Waals surface area contributed by atoms with E-state index < -0.39 is 0 Å². The number of esters is 1. The molecular weight excluding hydrogens is 284 g/mol. The van der Waals surface area contributed by atoms with Crippen molar-refractivity contribution in [2.75, 3.05) is 7.11 Å². The highest BCUT2D eigenvalue weighted by atomic mass is 16.5. The van der Waals surface area contributed by atoms with Crippen LogP contribution in [0.4, 0.5) is 0 Å². The van der Waals surface area contributed by atoms with Crippen LogP contribution in [0.3, 0.4) is 0 Å². The van der Waals surface area contributed by atoms with Gasteiger partial charge in [0.05, 0.1) is 7.11 Å². The maximum absolute atomic E-state index is 11.1. The van der Waals surface area contributed by atoms with E-state index in [0.717, 1.165) is 17.4 Å². The molecule has 0 aromatic heterocycles. The molecule has 0 bridgehead atoms. The zero-order chi connectivity index (χ0) is 16.5. The number of ether oxygens (including phenoxy) is 1. The Hall–Kier alpha value is -1.57. The van der Waals surface area contributed by atoms with Gasteiger partial charge < -0.3 is 4.74 Å². The summed E-state index contributed by atoms with van der Waals surface area (Å²) in [5, 5.41) is 0. The Morgan fingerprint density at radius 3 is 2.43 bits per heavy atom. The molecule has 0 saturated heterocycles. The van der Waals surface area contributed by atoms with E-state index in [1.165, 1.54) is 70.1 Å². The van der Waals surface area contributed by atoms with Crippen LogP contribution in [-0.4, -0.2) is 13.1 Å². The predicted octanol–water partition coefficient (Wildman–Crippen LogP) is 5.73. The summed E-state index contributed by atoms with van der Waals surface area (Å²) in [6.45, 7) is 2.28. The third-order valence-electron chi connectivity index (χ3n) is 5.08. The van der Waals surface area contributed by atoms with Crippen molar-refractivity contribution in [2.45, 2.75) is 64.2 Å². The van der Waals surface area contributed by atoms with Crippen molar-refractivity contribution in [3.63, 3.8) is 0 Å². The Balaban J connectivity index is 1.82. The van der Waals surface area contributed by atoms with Gasteiger partial charge in [-0.2, -0.15) is 0 Å².